The molecule has 1 fully saturated rings. The zero-order valence-electron chi connectivity index (χ0n) is 10.4. The predicted octanol–water partition coefficient (Wildman–Crippen LogP) is 2.45. The molecule has 104 valence electrons. The molecule has 0 bridgehead atoms. The Balaban J connectivity index is 2.05. The minimum absolute atomic E-state index is 0.435. The number of benzene rings is 1. The van der Waals surface area contributed by atoms with E-state index in [1.807, 2.05) is 6.07 Å². The van der Waals surface area contributed by atoms with Crippen LogP contribution < -0.4 is 10.6 Å². The zero-order valence-corrected chi connectivity index (χ0v) is 12.0. The molecular formula is C13H12BrN3O3. The maximum absolute atomic E-state index is 11.9. The number of nitrogens with zero attached hydrogens (tertiary/aromatic N) is 1. The van der Waals surface area contributed by atoms with Crippen LogP contribution in [0, 0.1) is 11.3 Å². The number of nitriles is 1. The van der Waals surface area contributed by atoms with Crippen molar-refractivity contribution in [3.8, 4) is 6.07 Å². The summed E-state index contributed by atoms with van der Waals surface area (Å²) in [5.74, 6) is -1.02. The fourth-order valence-electron chi connectivity index (χ4n) is 1.98. The first-order valence-corrected chi connectivity index (χ1v) is 6.78. The molecule has 0 aliphatic heterocycles. The molecule has 0 aromatic heterocycles. The average Bonchev–Trinajstić information content (AvgIpc) is 2.35. The Kier molecular flexibility index (Phi) is 3.95. The van der Waals surface area contributed by atoms with Crippen LogP contribution in [0.3, 0.4) is 0 Å². The van der Waals surface area contributed by atoms with E-state index in [0.29, 0.717) is 28.6 Å². The molecule has 1 aliphatic rings. The van der Waals surface area contributed by atoms with Crippen LogP contribution in [0.25, 0.3) is 0 Å². The molecule has 0 atom stereocenters. The van der Waals surface area contributed by atoms with Gasteiger partial charge in [0.15, 0.2) is 0 Å². The molecule has 3 N–H and O–H groups in total. The normalized spacial score (nSPS) is 15.6. The number of urea groups is 1. The van der Waals surface area contributed by atoms with Crippen molar-refractivity contribution in [1.29, 1.82) is 5.26 Å². The Bertz CT molecular complexity index is 605. The van der Waals surface area contributed by atoms with Gasteiger partial charge in [-0.15, -0.1) is 0 Å². The predicted molar refractivity (Wildman–Crippen MR) is 75.2 cm³/mol. The molecule has 0 heterocycles. The largest absolute Gasteiger partial charge is 0.480 e. The van der Waals surface area contributed by atoms with Gasteiger partial charge in [0.25, 0.3) is 0 Å². The lowest BCUT2D eigenvalue weighted by atomic mass is 9.77. The van der Waals surface area contributed by atoms with Gasteiger partial charge in [-0.1, -0.05) is 0 Å². The second kappa shape index (κ2) is 5.51. The monoisotopic (exact) mass is 337 g/mol. The maximum atomic E-state index is 11.9. The molecule has 20 heavy (non-hydrogen) atoms. The highest BCUT2D eigenvalue weighted by atomic mass is 79.9. The van der Waals surface area contributed by atoms with Crippen molar-refractivity contribution < 1.29 is 14.7 Å². The third-order valence-electron chi connectivity index (χ3n) is 3.32. The highest BCUT2D eigenvalue weighted by Gasteiger charge is 2.45. The van der Waals surface area contributed by atoms with Gasteiger partial charge in [0.05, 0.1) is 17.3 Å². The summed E-state index contributed by atoms with van der Waals surface area (Å²) in [5.41, 5.74) is -0.214. The Labute approximate surface area is 123 Å². The van der Waals surface area contributed by atoms with Crippen molar-refractivity contribution >= 4 is 33.6 Å². The Morgan fingerprint density at radius 2 is 2.10 bits per heavy atom. The fraction of sp³-hybridized carbons (Fsp3) is 0.308. The number of carbonyl (C=O) groups excluding carboxylic acids is 1. The number of carbonyl (C=O) groups is 2. The second-order valence-electron chi connectivity index (χ2n) is 4.63. The molecule has 0 spiro atoms. The number of hydrogen-bond donors (Lipinski definition) is 3. The van der Waals surface area contributed by atoms with Gasteiger partial charge in [-0.25, -0.2) is 9.59 Å². The summed E-state index contributed by atoms with van der Waals surface area (Å²) in [6.45, 7) is 0. The van der Waals surface area contributed by atoms with E-state index < -0.39 is 17.5 Å². The van der Waals surface area contributed by atoms with Crippen molar-refractivity contribution in [2.75, 3.05) is 5.32 Å². The first-order valence-electron chi connectivity index (χ1n) is 5.99. The first kappa shape index (κ1) is 14.3. The van der Waals surface area contributed by atoms with Gasteiger partial charge in [-0.3, -0.25) is 0 Å². The molecule has 0 radical (unpaired) electrons. The summed E-state index contributed by atoms with van der Waals surface area (Å²) in [5, 5.41) is 23.0. The van der Waals surface area contributed by atoms with E-state index in [9.17, 15) is 9.59 Å². The SMILES string of the molecule is N#Cc1ccc(NC(=O)NC2(C(=O)O)CCC2)c(Br)c1. The third kappa shape index (κ3) is 2.75. The summed E-state index contributed by atoms with van der Waals surface area (Å²) in [4.78, 5) is 23.0. The van der Waals surface area contributed by atoms with Gasteiger partial charge in [-0.05, 0) is 53.4 Å². The molecule has 1 aliphatic carbocycles. The van der Waals surface area contributed by atoms with Gasteiger partial charge in [0, 0.05) is 4.47 Å². The van der Waals surface area contributed by atoms with Gasteiger partial charge < -0.3 is 15.7 Å². The number of halogens is 1. The topological polar surface area (TPSA) is 102 Å². The summed E-state index contributed by atoms with van der Waals surface area (Å²) in [7, 11) is 0. The van der Waals surface area contributed by atoms with Gasteiger partial charge >= 0.3 is 12.0 Å². The standard InChI is InChI=1S/C13H12BrN3O3/c14-9-6-8(7-15)2-3-10(9)16-12(20)17-13(11(18)19)4-1-5-13/h2-3,6H,1,4-5H2,(H,18,19)(H2,16,17,20). The molecular weight excluding hydrogens is 326 g/mol. The lowest BCUT2D eigenvalue weighted by Gasteiger charge is -2.38. The van der Waals surface area contributed by atoms with E-state index in [1.54, 1.807) is 18.2 Å². The van der Waals surface area contributed by atoms with Crippen LogP contribution in [0.1, 0.15) is 24.8 Å². The highest BCUT2D eigenvalue weighted by molar-refractivity contribution is 9.10. The third-order valence-corrected chi connectivity index (χ3v) is 3.97. The summed E-state index contributed by atoms with van der Waals surface area (Å²) < 4.78 is 0.560. The van der Waals surface area contributed by atoms with E-state index >= 15 is 0 Å². The molecule has 1 aromatic rings. The molecule has 1 saturated carbocycles. The number of rotatable bonds is 3. The quantitative estimate of drug-likeness (QED) is 0.788. The van der Waals surface area contributed by atoms with Gasteiger partial charge in [0.2, 0.25) is 0 Å². The average molecular weight is 338 g/mol. The van der Waals surface area contributed by atoms with Crippen LogP contribution in [-0.4, -0.2) is 22.6 Å². The smallest absolute Gasteiger partial charge is 0.329 e. The van der Waals surface area contributed by atoms with E-state index in [2.05, 4.69) is 26.6 Å². The van der Waals surface area contributed by atoms with Crippen LogP contribution in [0.2, 0.25) is 0 Å². The van der Waals surface area contributed by atoms with Crippen LogP contribution in [0.5, 0.6) is 0 Å². The fourth-order valence-corrected chi connectivity index (χ4v) is 2.46. The van der Waals surface area contributed by atoms with E-state index in [1.165, 1.54) is 0 Å². The van der Waals surface area contributed by atoms with Crippen molar-refractivity contribution in [1.82, 2.24) is 5.32 Å². The number of aliphatic carboxylic acids is 1. The molecule has 6 nitrogen and oxygen atoms in total. The molecule has 0 unspecified atom stereocenters. The van der Waals surface area contributed by atoms with Gasteiger partial charge in [0.1, 0.15) is 5.54 Å². The van der Waals surface area contributed by atoms with Crippen LogP contribution >= 0.6 is 15.9 Å². The Morgan fingerprint density at radius 1 is 1.40 bits per heavy atom. The van der Waals surface area contributed by atoms with Crippen molar-refractivity contribution in [2.45, 2.75) is 24.8 Å². The zero-order chi connectivity index (χ0) is 14.8. The molecule has 7 heteroatoms. The Hall–Kier alpha value is -2.07. The minimum atomic E-state index is -1.15. The van der Waals surface area contributed by atoms with Crippen LogP contribution in [-0.2, 0) is 4.79 Å². The molecule has 2 amide bonds. The molecule has 2 rings (SSSR count). The van der Waals surface area contributed by atoms with Crippen molar-refractivity contribution in [2.24, 2.45) is 0 Å². The van der Waals surface area contributed by atoms with Crippen molar-refractivity contribution in [3.05, 3.63) is 28.2 Å². The van der Waals surface area contributed by atoms with E-state index in [0.717, 1.165) is 6.42 Å². The minimum Gasteiger partial charge on any atom is -0.480 e. The summed E-state index contributed by atoms with van der Waals surface area (Å²) >= 11 is 3.25. The van der Waals surface area contributed by atoms with Gasteiger partial charge in [-0.2, -0.15) is 5.26 Å². The van der Waals surface area contributed by atoms with E-state index in [4.69, 9.17) is 10.4 Å². The van der Waals surface area contributed by atoms with E-state index in [-0.39, 0.29) is 0 Å². The van der Waals surface area contributed by atoms with Crippen LogP contribution in [0.15, 0.2) is 22.7 Å². The van der Waals surface area contributed by atoms with Crippen molar-refractivity contribution in [3.63, 3.8) is 0 Å². The summed E-state index contributed by atoms with van der Waals surface area (Å²) in [6, 6.07) is 6.13. The van der Waals surface area contributed by atoms with Crippen LogP contribution in [0.4, 0.5) is 10.5 Å². The summed E-state index contributed by atoms with van der Waals surface area (Å²) in [6.07, 6.45) is 1.65. The molecule has 0 saturated heterocycles. The number of carboxylic acids is 1. The second-order valence-corrected chi connectivity index (χ2v) is 5.48. The first-order chi connectivity index (χ1) is 9.47. The number of hydrogen-bond acceptors (Lipinski definition) is 3. The highest BCUT2D eigenvalue weighted by Crippen LogP contribution is 2.32. The lowest BCUT2D eigenvalue weighted by molar-refractivity contribution is -0.148. The number of amides is 2. The lowest BCUT2D eigenvalue weighted by Crippen LogP contribution is -2.60. The Morgan fingerprint density at radius 3 is 2.55 bits per heavy atom. The maximum Gasteiger partial charge on any atom is 0.329 e. The number of carboxylic acid groups (broad SMARTS) is 1. The number of nitrogens with one attached hydrogen (secondary N) is 2. The molecule has 1 aromatic carbocycles. The number of anilines is 1.